The van der Waals surface area contributed by atoms with Gasteiger partial charge in [-0.3, -0.25) is 14.4 Å². The van der Waals surface area contributed by atoms with Crippen LogP contribution in [0.25, 0.3) is 0 Å². The lowest BCUT2D eigenvalue weighted by Crippen LogP contribution is -2.45. The standard InChI is InChI=1S/C21H28N2O4/c1-2-27-21(26)17-9-6-11-23(14-17)20(25)18-13-19(24)22(15-18)12-10-16-7-4-3-5-8-16/h3-5,7-8,17-18H,2,6,9-15H2,1H3/t17-,18-/m1/s1. The van der Waals surface area contributed by atoms with Gasteiger partial charge in [0.25, 0.3) is 0 Å². The number of carbonyl (C=O) groups excluding carboxylic acids is 3. The molecule has 6 heteroatoms. The molecule has 0 unspecified atom stereocenters. The van der Waals surface area contributed by atoms with E-state index in [1.54, 1.807) is 16.7 Å². The predicted molar refractivity (Wildman–Crippen MR) is 101 cm³/mol. The number of rotatable bonds is 6. The van der Waals surface area contributed by atoms with Crippen molar-refractivity contribution in [1.82, 2.24) is 9.80 Å². The van der Waals surface area contributed by atoms with E-state index in [9.17, 15) is 14.4 Å². The first-order valence-electron chi connectivity index (χ1n) is 9.85. The number of piperidine rings is 1. The molecular weight excluding hydrogens is 344 g/mol. The van der Waals surface area contributed by atoms with Gasteiger partial charge >= 0.3 is 5.97 Å². The molecule has 0 N–H and O–H groups in total. The van der Waals surface area contributed by atoms with E-state index in [1.807, 2.05) is 30.3 Å². The third kappa shape index (κ3) is 4.87. The average Bonchev–Trinajstić information content (AvgIpc) is 3.07. The number of hydrogen-bond donors (Lipinski definition) is 0. The minimum absolute atomic E-state index is 0.000408. The van der Waals surface area contributed by atoms with Crippen LogP contribution in [-0.4, -0.2) is 60.4 Å². The molecule has 2 aliphatic rings. The zero-order valence-corrected chi connectivity index (χ0v) is 15.9. The smallest absolute Gasteiger partial charge is 0.310 e. The number of esters is 1. The Morgan fingerprint density at radius 3 is 2.67 bits per heavy atom. The van der Waals surface area contributed by atoms with Crippen molar-refractivity contribution in [1.29, 1.82) is 0 Å². The molecule has 2 fully saturated rings. The van der Waals surface area contributed by atoms with E-state index in [0.717, 1.165) is 19.3 Å². The third-order valence-electron chi connectivity index (χ3n) is 5.43. The lowest BCUT2D eigenvalue weighted by molar-refractivity contribution is -0.152. The number of hydrogen-bond acceptors (Lipinski definition) is 4. The molecule has 27 heavy (non-hydrogen) atoms. The summed E-state index contributed by atoms with van der Waals surface area (Å²) in [4.78, 5) is 40.8. The second kappa shape index (κ2) is 9.02. The number of carbonyl (C=O) groups is 3. The van der Waals surface area contributed by atoms with E-state index < -0.39 is 0 Å². The Balaban J connectivity index is 1.53. The van der Waals surface area contributed by atoms with Gasteiger partial charge in [0.05, 0.1) is 18.4 Å². The highest BCUT2D eigenvalue weighted by atomic mass is 16.5. The fourth-order valence-electron chi connectivity index (χ4n) is 3.95. The normalized spacial score (nSPS) is 22.8. The summed E-state index contributed by atoms with van der Waals surface area (Å²) in [6, 6.07) is 10.0. The molecule has 2 atom stereocenters. The van der Waals surface area contributed by atoms with Gasteiger partial charge in [-0.15, -0.1) is 0 Å². The maximum atomic E-state index is 12.9. The zero-order chi connectivity index (χ0) is 19.2. The molecule has 0 spiro atoms. The molecule has 2 heterocycles. The molecule has 0 radical (unpaired) electrons. The van der Waals surface area contributed by atoms with Crippen molar-refractivity contribution in [2.24, 2.45) is 11.8 Å². The van der Waals surface area contributed by atoms with Crippen LogP contribution in [0.1, 0.15) is 31.7 Å². The Morgan fingerprint density at radius 2 is 1.93 bits per heavy atom. The molecule has 0 aliphatic carbocycles. The highest BCUT2D eigenvalue weighted by Gasteiger charge is 2.38. The molecule has 3 rings (SSSR count). The van der Waals surface area contributed by atoms with Gasteiger partial charge in [-0.2, -0.15) is 0 Å². The second-order valence-electron chi connectivity index (χ2n) is 7.35. The van der Waals surface area contributed by atoms with Crippen molar-refractivity contribution >= 4 is 17.8 Å². The average molecular weight is 372 g/mol. The third-order valence-corrected chi connectivity index (χ3v) is 5.43. The van der Waals surface area contributed by atoms with Crippen LogP contribution >= 0.6 is 0 Å². The fraction of sp³-hybridized carbons (Fsp3) is 0.571. The molecule has 0 aromatic heterocycles. The Hall–Kier alpha value is -2.37. The maximum absolute atomic E-state index is 12.9. The number of benzene rings is 1. The molecule has 6 nitrogen and oxygen atoms in total. The summed E-state index contributed by atoms with van der Waals surface area (Å²) in [5.74, 6) is -0.715. The van der Waals surface area contributed by atoms with Gasteiger partial charge in [0.1, 0.15) is 0 Å². The van der Waals surface area contributed by atoms with Crippen LogP contribution in [0.15, 0.2) is 30.3 Å². The SMILES string of the molecule is CCOC(=O)[C@@H]1CCCN(C(=O)[C@@H]2CC(=O)N(CCc3ccccc3)C2)C1. The summed E-state index contributed by atoms with van der Waals surface area (Å²) in [6.07, 6.45) is 2.62. The van der Waals surface area contributed by atoms with E-state index >= 15 is 0 Å². The van der Waals surface area contributed by atoms with Crippen molar-refractivity contribution in [3.63, 3.8) is 0 Å². The van der Waals surface area contributed by atoms with Crippen molar-refractivity contribution in [3.05, 3.63) is 35.9 Å². The molecule has 0 saturated carbocycles. The van der Waals surface area contributed by atoms with E-state index in [-0.39, 0.29) is 36.0 Å². The van der Waals surface area contributed by atoms with Gasteiger partial charge in [-0.05, 0) is 31.7 Å². The topological polar surface area (TPSA) is 66.9 Å². The first-order valence-corrected chi connectivity index (χ1v) is 9.85. The monoisotopic (exact) mass is 372 g/mol. The van der Waals surface area contributed by atoms with Crippen LogP contribution in [0.3, 0.4) is 0 Å². The summed E-state index contributed by atoms with van der Waals surface area (Å²) in [6.45, 7) is 4.33. The summed E-state index contributed by atoms with van der Waals surface area (Å²) in [5, 5.41) is 0. The van der Waals surface area contributed by atoms with Gasteiger partial charge in [-0.25, -0.2) is 0 Å². The van der Waals surface area contributed by atoms with Gasteiger partial charge < -0.3 is 14.5 Å². The maximum Gasteiger partial charge on any atom is 0.310 e. The summed E-state index contributed by atoms with van der Waals surface area (Å²) >= 11 is 0. The number of likely N-dealkylation sites (tertiary alicyclic amines) is 2. The highest BCUT2D eigenvalue weighted by molar-refractivity contribution is 5.89. The van der Waals surface area contributed by atoms with Crippen LogP contribution in [-0.2, 0) is 25.5 Å². The number of amides is 2. The minimum Gasteiger partial charge on any atom is -0.466 e. The summed E-state index contributed by atoms with van der Waals surface area (Å²) in [7, 11) is 0. The van der Waals surface area contributed by atoms with Crippen molar-refractivity contribution in [2.45, 2.75) is 32.6 Å². The molecule has 2 amide bonds. The first-order chi connectivity index (χ1) is 13.1. The number of ether oxygens (including phenoxy) is 1. The first kappa shape index (κ1) is 19.4. The Labute approximate surface area is 160 Å². The summed E-state index contributed by atoms with van der Waals surface area (Å²) < 4.78 is 5.10. The predicted octanol–water partition coefficient (Wildman–Crippen LogP) is 1.88. The van der Waals surface area contributed by atoms with Crippen molar-refractivity contribution in [3.8, 4) is 0 Å². The molecule has 1 aromatic carbocycles. The van der Waals surface area contributed by atoms with Crippen molar-refractivity contribution < 1.29 is 19.1 Å². The molecule has 2 aliphatic heterocycles. The number of nitrogens with zero attached hydrogens (tertiary/aromatic N) is 2. The van der Waals surface area contributed by atoms with Gasteiger partial charge in [0.15, 0.2) is 0 Å². The van der Waals surface area contributed by atoms with Gasteiger partial charge in [0, 0.05) is 32.6 Å². The van der Waals surface area contributed by atoms with E-state index in [1.165, 1.54) is 5.56 Å². The van der Waals surface area contributed by atoms with Crippen LogP contribution in [0.2, 0.25) is 0 Å². The fourth-order valence-corrected chi connectivity index (χ4v) is 3.95. The molecule has 2 saturated heterocycles. The Morgan fingerprint density at radius 1 is 1.15 bits per heavy atom. The minimum atomic E-state index is -0.297. The van der Waals surface area contributed by atoms with E-state index in [0.29, 0.717) is 32.8 Å². The Kier molecular flexibility index (Phi) is 6.48. The molecule has 0 bridgehead atoms. The zero-order valence-electron chi connectivity index (χ0n) is 15.9. The van der Waals surface area contributed by atoms with Gasteiger partial charge in [0.2, 0.25) is 11.8 Å². The highest BCUT2D eigenvalue weighted by Crippen LogP contribution is 2.24. The molecular formula is C21H28N2O4. The molecule has 1 aromatic rings. The van der Waals surface area contributed by atoms with Crippen LogP contribution in [0, 0.1) is 11.8 Å². The van der Waals surface area contributed by atoms with Crippen LogP contribution < -0.4 is 0 Å². The second-order valence-corrected chi connectivity index (χ2v) is 7.35. The molecule has 146 valence electrons. The largest absolute Gasteiger partial charge is 0.466 e. The summed E-state index contributed by atoms with van der Waals surface area (Å²) in [5.41, 5.74) is 1.19. The van der Waals surface area contributed by atoms with E-state index in [4.69, 9.17) is 4.74 Å². The van der Waals surface area contributed by atoms with E-state index in [2.05, 4.69) is 0 Å². The Bertz CT molecular complexity index is 676. The quantitative estimate of drug-likeness (QED) is 0.715. The van der Waals surface area contributed by atoms with Crippen molar-refractivity contribution in [2.75, 3.05) is 32.8 Å². The van der Waals surface area contributed by atoms with Crippen LogP contribution in [0.4, 0.5) is 0 Å². The van der Waals surface area contributed by atoms with Gasteiger partial charge in [-0.1, -0.05) is 30.3 Å². The van der Waals surface area contributed by atoms with Crippen LogP contribution in [0.5, 0.6) is 0 Å². The lowest BCUT2D eigenvalue weighted by Gasteiger charge is -2.33. The lowest BCUT2D eigenvalue weighted by atomic mass is 9.96.